The minimum atomic E-state index is -4.50. The topological polar surface area (TPSA) is 64.6 Å². The van der Waals surface area contributed by atoms with E-state index in [4.69, 9.17) is 0 Å². The van der Waals surface area contributed by atoms with E-state index in [0.717, 1.165) is 45.1 Å². The van der Waals surface area contributed by atoms with Gasteiger partial charge in [-0.15, -0.1) is 0 Å². The van der Waals surface area contributed by atoms with Crippen LogP contribution in [-0.4, -0.2) is 70.1 Å². The molecule has 5 heterocycles. The Labute approximate surface area is 190 Å². The van der Waals surface area contributed by atoms with E-state index >= 15 is 0 Å². The van der Waals surface area contributed by atoms with E-state index in [0.29, 0.717) is 18.9 Å². The lowest BCUT2D eigenvalue weighted by molar-refractivity contribution is -0.141. The van der Waals surface area contributed by atoms with E-state index in [1.54, 1.807) is 0 Å². The Morgan fingerprint density at radius 3 is 2.33 bits per heavy atom. The lowest BCUT2D eigenvalue weighted by atomic mass is 9.88. The van der Waals surface area contributed by atoms with E-state index in [9.17, 15) is 18.0 Å². The average Bonchev–Trinajstić information content (AvgIpc) is 2.80. The molecule has 1 aromatic heterocycles. The highest BCUT2D eigenvalue weighted by molar-refractivity contribution is 5.77. The molecule has 0 saturated carbocycles. The van der Waals surface area contributed by atoms with Crippen LogP contribution in [-0.2, 0) is 12.7 Å². The van der Waals surface area contributed by atoms with Crippen LogP contribution in [0.3, 0.4) is 0 Å². The SMILES string of the molecule is O=C(NC1CCN(Cc2ccccc2)CC1)N1C2CC1CN(c1cnc(C(F)(F)F)cn1)C2. The quantitative estimate of drug-likeness (QED) is 0.760. The van der Waals surface area contributed by atoms with Crippen LogP contribution in [0.5, 0.6) is 0 Å². The van der Waals surface area contributed by atoms with Crippen LogP contribution in [0.15, 0.2) is 42.7 Å². The van der Waals surface area contributed by atoms with Gasteiger partial charge in [0, 0.05) is 38.8 Å². The Morgan fingerprint density at radius 2 is 1.73 bits per heavy atom. The highest BCUT2D eigenvalue weighted by Gasteiger charge is 2.48. The van der Waals surface area contributed by atoms with Crippen molar-refractivity contribution in [3.8, 4) is 0 Å². The van der Waals surface area contributed by atoms with Crippen molar-refractivity contribution in [3.05, 3.63) is 54.0 Å². The first kappa shape index (κ1) is 21.9. The summed E-state index contributed by atoms with van der Waals surface area (Å²) in [6.45, 7) is 3.94. The number of hydrogen-bond donors (Lipinski definition) is 1. The summed E-state index contributed by atoms with van der Waals surface area (Å²) in [6.07, 6.45) is 0.200. The summed E-state index contributed by atoms with van der Waals surface area (Å²) in [5, 5.41) is 3.20. The molecule has 176 valence electrons. The lowest BCUT2D eigenvalue weighted by Gasteiger charge is -2.56. The highest BCUT2D eigenvalue weighted by Crippen LogP contribution is 2.35. The number of rotatable bonds is 4. The van der Waals surface area contributed by atoms with Crippen molar-refractivity contribution in [1.29, 1.82) is 0 Å². The largest absolute Gasteiger partial charge is 0.434 e. The maximum absolute atomic E-state index is 12.9. The molecule has 4 aliphatic heterocycles. The molecule has 4 saturated heterocycles. The predicted octanol–water partition coefficient (Wildman–Crippen LogP) is 3.13. The normalized spacial score (nSPS) is 23.8. The lowest BCUT2D eigenvalue weighted by Crippen LogP contribution is -2.72. The molecule has 2 amide bonds. The van der Waals surface area contributed by atoms with Crippen LogP contribution in [0.1, 0.15) is 30.5 Å². The molecule has 33 heavy (non-hydrogen) atoms. The molecule has 1 N–H and O–H groups in total. The number of aromatic nitrogens is 2. The fourth-order valence-corrected chi connectivity index (χ4v) is 5.09. The molecule has 4 fully saturated rings. The van der Waals surface area contributed by atoms with Crippen molar-refractivity contribution in [2.75, 3.05) is 31.1 Å². The van der Waals surface area contributed by atoms with Gasteiger partial charge in [-0.2, -0.15) is 13.2 Å². The average molecular weight is 461 g/mol. The van der Waals surface area contributed by atoms with E-state index in [1.807, 2.05) is 15.9 Å². The first-order chi connectivity index (χ1) is 15.9. The fraction of sp³-hybridized carbons (Fsp3) is 0.522. The first-order valence-corrected chi connectivity index (χ1v) is 11.4. The van der Waals surface area contributed by atoms with Gasteiger partial charge in [0.05, 0.1) is 24.5 Å². The molecule has 2 unspecified atom stereocenters. The molecule has 6 rings (SSSR count). The number of nitrogens with one attached hydrogen (secondary N) is 1. The molecule has 0 aliphatic carbocycles. The van der Waals surface area contributed by atoms with Crippen LogP contribution in [0.2, 0.25) is 0 Å². The third-order valence-electron chi connectivity index (χ3n) is 6.84. The van der Waals surface area contributed by atoms with Crippen LogP contribution < -0.4 is 10.2 Å². The first-order valence-electron chi connectivity index (χ1n) is 11.4. The molecule has 2 atom stereocenters. The van der Waals surface area contributed by atoms with Crippen molar-refractivity contribution >= 4 is 11.8 Å². The highest BCUT2D eigenvalue weighted by atomic mass is 19.4. The standard InChI is InChI=1S/C23H27F3N6O/c24-23(25,26)20-11-28-21(12-27-20)31-14-18-10-19(15-31)32(18)22(33)29-17-6-8-30(9-7-17)13-16-4-2-1-3-5-16/h1-5,11-12,17-19H,6-10,13-15H2,(H,29,33). The Morgan fingerprint density at radius 1 is 1.03 bits per heavy atom. The molecule has 2 aromatic rings. The third-order valence-corrected chi connectivity index (χ3v) is 6.84. The van der Waals surface area contributed by atoms with E-state index < -0.39 is 11.9 Å². The number of hydrogen-bond acceptors (Lipinski definition) is 5. The number of urea groups is 1. The Bertz CT molecular complexity index is 950. The monoisotopic (exact) mass is 460 g/mol. The van der Waals surface area contributed by atoms with Crippen molar-refractivity contribution < 1.29 is 18.0 Å². The number of halogens is 3. The van der Waals surface area contributed by atoms with Crippen molar-refractivity contribution in [2.24, 2.45) is 0 Å². The van der Waals surface area contributed by atoms with Gasteiger partial charge in [0.1, 0.15) is 5.82 Å². The van der Waals surface area contributed by atoms with Gasteiger partial charge in [-0.25, -0.2) is 14.8 Å². The Kier molecular flexibility index (Phi) is 5.86. The molecule has 10 heteroatoms. The second-order valence-electron chi connectivity index (χ2n) is 9.10. The summed E-state index contributed by atoms with van der Waals surface area (Å²) in [7, 11) is 0. The number of amides is 2. The Balaban J connectivity index is 1.10. The second kappa shape index (κ2) is 8.81. The summed E-state index contributed by atoms with van der Waals surface area (Å²) in [5.74, 6) is 0.420. The van der Waals surface area contributed by atoms with Gasteiger partial charge in [-0.05, 0) is 24.8 Å². The van der Waals surface area contributed by atoms with Gasteiger partial charge in [-0.3, -0.25) is 4.90 Å². The molecule has 7 nitrogen and oxygen atoms in total. The van der Waals surface area contributed by atoms with Gasteiger partial charge in [0.25, 0.3) is 0 Å². The van der Waals surface area contributed by atoms with Crippen LogP contribution in [0.25, 0.3) is 0 Å². The van der Waals surface area contributed by atoms with Crippen molar-refractivity contribution in [2.45, 2.75) is 50.1 Å². The fourth-order valence-electron chi connectivity index (χ4n) is 5.09. The number of alkyl halides is 3. The Hall–Kier alpha value is -2.88. The number of likely N-dealkylation sites (tertiary alicyclic amines) is 1. The number of anilines is 1. The summed E-state index contributed by atoms with van der Waals surface area (Å²) < 4.78 is 38.1. The van der Waals surface area contributed by atoms with Gasteiger partial charge < -0.3 is 15.1 Å². The number of benzene rings is 1. The second-order valence-corrected chi connectivity index (χ2v) is 9.10. The molecule has 2 bridgehead atoms. The zero-order valence-electron chi connectivity index (χ0n) is 18.2. The van der Waals surface area contributed by atoms with E-state index in [1.165, 1.54) is 11.8 Å². The molecule has 1 aromatic carbocycles. The number of piperazine rings is 1. The summed E-state index contributed by atoms with van der Waals surface area (Å²) in [4.78, 5) is 26.6. The number of nitrogens with zero attached hydrogens (tertiary/aromatic N) is 5. The molecular weight excluding hydrogens is 433 g/mol. The zero-order chi connectivity index (χ0) is 23.0. The maximum atomic E-state index is 12.9. The summed E-state index contributed by atoms with van der Waals surface area (Å²) in [5.41, 5.74) is 0.305. The van der Waals surface area contributed by atoms with Crippen LogP contribution in [0.4, 0.5) is 23.8 Å². The van der Waals surface area contributed by atoms with E-state index in [2.05, 4.69) is 44.5 Å². The smallest absolute Gasteiger partial charge is 0.351 e. The summed E-state index contributed by atoms with van der Waals surface area (Å²) in [6, 6.07) is 10.6. The predicted molar refractivity (Wildman–Crippen MR) is 117 cm³/mol. The number of fused-ring (bicyclic) bond motifs is 2. The van der Waals surface area contributed by atoms with Crippen LogP contribution >= 0.6 is 0 Å². The number of carbonyl (C=O) groups is 1. The van der Waals surface area contributed by atoms with E-state index in [-0.39, 0.29) is 24.2 Å². The zero-order valence-corrected chi connectivity index (χ0v) is 18.2. The van der Waals surface area contributed by atoms with Gasteiger partial charge in [-0.1, -0.05) is 30.3 Å². The van der Waals surface area contributed by atoms with Crippen LogP contribution in [0, 0.1) is 0 Å². The van der Waals surface area contributed by atoms with Gasteiger partial charge in [0.15, 0.2) is 5.69 Å². The van der Waals surface area contributed by atoms with Gasteiger partial charge >= 0.3 is 12.2 Å². The molecule has 0 spiro atoms. The van der Waals surface area contributed by atoms with Gasteiger partial charge in [0.2, 0.25) is 0 Å². The number of carbonyl (C=O) groups excluding carboxylic acids is 1. The number of piperidine rings is 2. The third kappa shape index (κ3) is 4.75. The molecule has 0 radical (unpaired) electrons. The maximum Gasteiger partial charge on any atom is 0.434 e. The minimum absolute atomic E-state index is 0.0316. The van der Waals surface area contributed by atoms with Crippen molar-refractivity contribution in [3.63, 3.8) is 0 Å². The molecular formula is C23H27F3N6O. The van der Waals surface area contributed by atoms with Crippen molar-refractivity contribution in [1.82, 2.24) is 25.1 Å². The minimum Gasteiger partial charge on any atom is -0.351 e. The molecule has 4 aliphatic rings. The summed E-state index contributed by atoms with van der Waals surface area (Å²) >= 11 is 0.